The summed E-state index contributed by atoms with van der Waals surface area (Å²) in [5.74, 6) is 0.0249. The number of nitrogens with one attached hydrogen (secondary N) is 3. The number of nitriles is 1. The van der Waals surface area contributed by atoms with E-state index in [0.717, 1.165) is 48.0 Å². The average Bonchev–Trinajstić information content (AvgIpc) is 2.95. The fourth-order valence-electron chi connectivity index (χ4n) is 4.45. The maximum atomic E-state index is 12.8. The number of amides is 2. The summed E-state index contributed by atoms with van der Waals surface area (Å²) in [6, 6.07) is 17.1. The Bertz CT molecular complexity index is 1390. The summed E-state index contributed by atoms with van der Waals surface area (Å²) >= 11 is 0. The lowest BCUT2D eigenvalue weighted by atomic mass is 10.0. The van der Waals surface area contributed by atoms with E-state index < -0.39 is 5.91 Å². The van der Waals surface area contributed by atoms with E-state index in [9.17, 15) is 9.59 Å². The van der Waals surface area contributed by atoms with Crippen LogP contribution in [-0.4, -0.2) is 68.1 Å². The molecule has 0 bridgehead atoms. The van der Waals surface area contributed by atoms with E-state index in [0.29, 0.717) is 17.0 Å². The first kappa shape index (κ1) is 26.6. The number of ether oxygens (including phenoxy) is 1. The van der Waals surface area contributed by atoms with Crippen molar-refractivity contribution in [2.45, 2.75) is 18.9 Å². The molecule has 0 spiro atoms. The molecule has 0 aliphatic carbocycles. The van der Waals surface area contributed by atoms with Gasteiger partial charge in [-0.05, 0) is 62.6 Å². The third kappa shape index (κ3) is 6.47. The first-order chi connectivity index (χ1) is 18.4. The number of carbonyl (C=O) groups is 2. The van der Waals surface area contributed by atoms with Crippen LogP contribution in [0.3, 0.4) is 0 Å². The molecule has 0 saturated carbocycles. The van der Waals surface area contributed by atoms with Crippen LogP contribution in [0.5, 0.6) is 5.75 Å². The molecule has 1 saturated heterocycles. The van der Waals surface area contributed by atoms with E-state index in [2.05, 4.69) is 39.5 Å². The van der Waals surface area contributed by atoms with Gasteiger partial charge in [-0.1, -0.05) is 30.8 Å². The van der Waals surface area contributed by atoms with Gasteiger partial charge in [-0.3, -0.25) is 9.59 Å². The number of hydrogen-bond acceptors (Lipinski definition) is 7. The van der Waals surface area contributed by atoms with E-state index in [-0.39, 0.29) is 30.7 Å². The Morgan fingerprint density at radius 3 is 2.66 bits per heavy atom. The predicted octanol–water partition coefficient (Wildman–Crippen LogP) is 3.34. The third-order valence-electron chi connectivity index (χ3n) is 6.61. The Morgan fingerprint density at radius 1 is 1.16 bits per heavy atom. The van der Waals surface area contributed by atoms with Gasteiger partial charge in [0.1, 0.15) is 11.4 Å². The van der Waals surface area contributed by atoms with Crippen molar-refractivity contribution in [1.29, 1.82) is 5.26 Å². The number of anilines is 1. The summed E-state index contributed by atoms with van der Waals surface area (Å²) in [5.41, 5.74) is 2.80. The summed E-state index contributed by atoms with van der Waals surface area (Å²) < 4.78 is 5.54. The van der Waals surface area contributed by atoms with Gasteiger partial charge in [0.2, 0.25) is 5.91 Å². The van der Waals surface area contributed by atoms with Crippen molar-refractivity contribution in [2.75, 3.05) is 45.7 Å². The normalized spacial score (nSPS) is 13.9. The molecule has 38 heavy (non-hydrogen) atoms. The van der Waals surface area contributed by atoms with E-state index in [1.165, 1.54) is 0 Å². The van der Waals surface area contributed by atoms with Gasteiger partial charge >= 0.3 is 0 Å². The molecule has 9 nitrogen and oxygen atoms in total. The highest BCUT2D eigenvalue weighted by Gasteiger charge is 2.19. The Balaban J connectivity index is 1.49. The summed E-state index contributed by atoms with van der Waals surface area (Å²) in [7, 11) is 3.66. The number of nitrogens with zero attached hydrogens (tertiary/aromatic N) is 3. The van der Waals surface area contributed by atoms with E-state index >= 15 is 0 Å². The highest BCUT2D eigenvalue weighted by Crippen LogP contribution is 2.35. The lowest BCUT2D eigenvalue weighted by Gasteiger charge is -2.29. The molecule has 1 aromatic heterocycles. The Morgan fingerprint density at radius 2 is 1.92 bits per heavy atom. The first-order valence-corrected chi connectivity index (χ1v) is 12.5. The number of methoxy groups -OCH3 is 1. The van der Waals surface area contributed by atoms with Crippen molar-refractivity contribution < 1.29 is 14.3 Å². The monoisotopic (exact) mass is 512 g/mol. The molecule has 0 radical (unpaired) electrons. The Labute approximate surface area is 222 Å². The van der Waals surface area contributed by atoms with Crippen LogP contribution >= 0.6 is 0 Å². The number of hydrogen-bond donors (Lipinski definition) is 3. The van der Waals surface area contributed by atoms with Crippen LogP contribution in [-0.2, 0) is 4.79 Å². The maximum Gasteiger partial charge on any atom is 0.270 e. The molecular formula is C29H32N6O3. The minimum atomic E-state index is -0.412. The van der Waals surface area contributed by atoms with Crippen LogP contribution in [0.25, 0.3) is 22.0 Å². The van der Waals surface area contributed by atoms with Gasteiger partial charge in [0.05, 0.1) is 31.1 Å². The standard InChI is InChI=1S/C29H32N6O3/c1-19(16-30)17-31-28-23-15-21(8-7-20(23)9-10-26(28)38-3)24-5-4-6-25(34-24)29(37)32-18-27(36)33-22-11-13-35(2)14-12-22/h4-10,15,22,31H,1,11-14,17-18H2,2-3H3,(H,32,37)(H,33,36). The fourth-order valence-corrected chi connectivity index (χ4v) is 4.45. The molecule has 0 atom stereocenters. The lowest BCUT2D eigenvalue weighted by Crippen LogP contribution is -2.46. The SMILES string of the molecule is C=C(C#N)CNc1c(OC)ccc2ccc(-c3cccc(C(=O)NCC(=O)NC4CCN(C)CC4)n3)cc12. The van der Waals surface area contributed by atoms with Crippen molar-refractivity contribution >= 4 is 28.3 Å². The summed E-state index contributed by atoms with van der Waals surface area (Å²) in [4.78, 5) is 31.9. The highest BCUT2D eigenvalue weighted by atomic mass is 16.5. The summed E-state index contributed by atoms with van der Waals surface area (Å²) in [6.07, 6.45) is 1.81. The second-order valence-corrected chi connectivity index (χ2v) is 9.38. The highest BCUT2D eigenvalue weighted by molar-refractivity contribution is 6.00. The minimum absolute atomic E-state index is 0.101. The smallest absolute Gasteiger partial charge is 0.270 e. The van der Waals surface area contributed by atoms with E-state index in [1.807, 2.05) is 42.5 Å². The largest absolute Gasteiger partial charge is 0.495 e. The molecule has 1 aliphatic heterocycles. The van der Waals surface area contributed by atoms with Gasteiger partial charge < -0.3 is 25.6 Å². The molecule has 1 fully saturated rings. The zero-order valence-corrected chi connectivity index (χ0v) is 21.7. The quantitative estimate of drug-likeness (QED) is 0.376. The zero-order valence-electron chi connectivity index (χ0n) is 21.7. The molecule has 4 rings (SSSR count). The number of rotatable bonds is 9. The number of benzene rings is 2. The van der Waals surface area contributed by atoms with Crippen LogP contribution < -0.4 is 20.7 Å². The molecule has 196 valence electrons. The maximum absolute atomic E-state index is 12.8. The van der Waals surface area contributed by atoms with Crippen molar-refractivity contribution in [1.82, 2.24) is 20.5 Å². The summed E-state index contributed by atoms with van der Waals surface area (Å²) in [6.45, 7) is 5.81. The molecule has 9 heteroatoms. The molecule has 3 N–H and O–H groups in total. The number of fused-ring (bicyclic) bond motifs is 1. The van der Waals surface area contributed by atoms with Crippen LogP contribution in [0.4, 0.5) is 5.69 Å². The topological polar surface area (TPSA) is 119 Å². The van der Waals surface area contributed by atoms with Crippen LogP contribution in [0.2, 0.25) is 0 Å². The molecule has 2 heterocycles. The Kier molecular flexibility index (Phi) is 8.56. The number of carbonyl (C=O) groups excluding carboxylic acids is 2. The van der Waals surface area contributed by atoms with E-state index in [1.54, 1.807) is 19.2 Å². The van der Waals surface area contributed by atoms with Crippen molar-refractivity contribution in [3.63, 3.8) is 0 Å². The van der Waals surface area contributed by atoms with Crippen molar-refractivity contribution in [3.05, 3.63) is 66.4 Å². The van der Waals surface area contributed by atoms with Crippen LogP contribution in [0.15, 0.2) is 60.7 Å². The van der Waals surface area contributed by atoms with Gasteiger partial charge in [0.25, 0.3) is 5.91 Å². The molecular weight excluding hydrogens is 480 g/mol. The molecule has 3 aromatic rings. The molecule has 2 amide bonds. The second kappa shape index (κ2) is 12.2. The first-order valence-electron chi connectivity index (χ1n) is 12.5. The number of aromatic nitrogens is 1. The summed E-state index contributed by atoms with van der Waals surface area (Å²) in [5, 5.41) is 19.9. The zero-order chi connectivity index (χ0) is 27.1. The van der Waals surface area contributed by atoms with Crippen LogP contribution in [0.1, 0.15) is 23.3 Å². The van der Waals surface area contributed by atoms with Crippen molar-refractivity contribution in [3.8, 4) is 23.1 Å². The van der Waals surface area contributed by atoms with Gasteiger partial charge in [0, 0.05) is 29.1 Å². The number of piperidine rings is 1. The number of likely N-dealkylation sites (tertiary alicyclic amines) is 1. The van der Waals surface area contributed by atoms with Gasteiger partial charge in [-0.2, -0.15) is 5.26 Å². The predicted molar refractivity (Wildman–Crippen MR) is 148 cm³/mol. The van der Waals surface area contributed by atoms with Gasteiger partial charge in [0.15, 0.2) is 0 Å². The van der Waals surface area contributed by atoms with Crippen molar-refractivity contribution in [2.24, 2.45) is 0 Å². The minimum Gasteiger partial charge on any atom is -0.495 e. The van der Waals surface area contributed by atoms with Gasteiger partial charge in [-0.15, -0.1) is 0 Å². The Hall–Kier alpha value is -4.42. The molecule has 1 aliphatic rings. The lowest BCUT2D eigenvalue weighted by molar-refractivity contribution is -0.121. The third-order valence-corrected chi connectivity index (χ3v) is 6.61. The number of pyridine rings is 1. The fraction of sp³-hybridized carbons (Fsp3) is 0.310. The average molecular weight is 513 g/mol. The van der Waals surface area contributed by atoms with Gasteiger partial charge in [-0.25, -0.2) is 4.98 Å². The van der Waals surface area contributed by atoms with E-state index in [4.69, 9.17) is 10.00 Å². The van der Waals surface area contributed by atoms with Crippen LogP contribution in [0, 0.1) is 11.3 Å². The molecule has 0 unspecified atom stereocenters. The molecule has 2 aromatic carbocycles. The second-order valence-electron chi connectivity index (χ2n) is 9.38.